The van der Waals surface area contributed by atoms with E-state index in [4.69, 9.17) is 5.73 Å². The van der Waals surface area contributed by atoms with Crippen molar-refractivity contribution in [3.8, 4) is 0 Å². The molecule has 2 atom stereocenters. The van der Waals surface area contributed by atoms with E-state index in [2.05, 4.69) is 22.4 Å². The van der Waals surface area contributed by atoms with Crippen molar-refractivity contribution in [2.24, 2.45) is 5.92 Å². The van der Waals surface area contributed by atoms with Crippen LogP contribution in [0.15, 0.2) is 0 Å². The minimum atomic E-state index is -0.121. The molecule has 1 heterocycles. The lowest BCUT2D eigenvalue weighted by atomic mass is 9.97. The molecule has 0 radical (unpaired) electrons. The molecule has 0 aliphatic heterocycles. The van der Waals surface area contributed by atoms with Gasteiger partial charge in [-0.2, -0.15) is 5.10 Å². The van der Waals surface area contributed by atoms with E-state index in [1.807, 2.05) is 0 Å². The van der Waals surface area contributed by atoms with Crippen LogP contribution in [0, 0.1) is 5.92 Å². The van der Waals surface area contributed by atoms with Gasteiger partial charge >= 0.3 is 0 Å². The average Bonchev–Trinajstić information content (AvgIpc) is 3.21. The molecule has 110 valence electrons. The number of nitrogen functional groups attached to an aromatic ring is 1. The van der Waals surface area contributed by atoms with Crippen LogP contribution in [0.25, 0.3) is 0 Å². The summed E-state index contributed by atoms with van der Waals surface area (Å²) in [6, 6.07) is 0.255. The molecule has 2 aliphatic carbocycles. The Bertz CT molecular complexity index is 492. The van der Waals surface area contributed by atoms with Gasteiger partial charge in [-0.05, 0) is 31.6 Å². The molecule has 1 aromatic rings. The van der Waals surface area contributed by atoms with Gasteiger partial charge in [0, 0.05) is 12.0 Å². The third-order valence-corrected chi connectivity index (χ3v) is 4.71. The second-order valence-corrected chi connectivity index (χ2v) is 6.37. The van der Waals surface area contributed by atoms with Gasteiger partial charge in [-0.25, -0.2) is 0 Å². The zero-order chi connectivity index (χ0) is 14.1. The number of nitrogens with zero attached hydrogens (tertiary/aromatic N) is 1. The van der Waals surface area contributed by atoms with Gasteiger partial charge in [-0.3, -0.25) is 9.89 Å². The van der Waals surface area contributed by atoms with Gasteiger partial charge < -0.3 is 11.1 Å². The van der Waals surface area contributed by atoms with Crippen molar-refractivity contribution in [2.45, 2.75) is 63.8 Å². The Labute approximate surface area is 119 Å². The summed E-state index contributed by atoms with van der Waals surface area (Å²) < 4.78 is 0. The van der Waals surface area contributed by atoms with Gasteiger partial charge in [0.25, 0.3) is 5.91 Å². The molecule has 2 saturated carbocycles. The van der Waals surface area contributed by atoms with Crippen LogP contribution in [0.4, 0.5) is 5.69 Å². The summed E-state index contributed by atoms with van der Waals surface area (Å²) >= 11 is 0. The molecule has 0 saturated heterocycles. The highest BCUT2D eigenvalue weighted by Gasteiger charge is 2.31. The fourth-order valence-corrected chi connectivity index (χ4v) is 3.16. The topological polar surface area (TPSA) is 83.8 Å². The molecule has 5 heteroatoms. The number of aromatic amines is 1. The van der Waals surface area contributed by atoms with Crippen molar-refractivity contribution in [1.82, 2.24) is 15.5 Å². The van der Waals surface area contributed by atoms with Gasteiger partial charge in [0.2, 0.25) is 0 Å². The van der Waals surface area contributed by atoms with Crippen LogP contribution in [0.5, 0.6) is 0 Å². The SMILES string of the molecule is CC1CCCCCC1NC(=O)c1n[nH]c(C2CC2)c1N. The largest absolute Gasteiger partial charge is 0.395 e. The minimum absolute atomic E-state index is 0.121. The summed E-state index contributed by atoms with van der Waals surface area (Å²) in [4.78, 5) is 12.4. The standard InChI is InChI=1S/C15H24N4O/c1-9-5-3-2-4-6-11(9)17-15(20)14-12(16)13(18-19-14)10-7-8-10/h9-11H,2-8,16H2,1H3,(H,17,20)(H,18,19). The smallest absolute Gasteiger partial charge is 0.274 e. The predicted molar refractivity (Wildman–Crippen MR) is 78.5 cm³/mol. The van der Waals surface area contributed by atoms with Crippen LogP contribution in [0.1, 0.15) is 74.0 Å². The van der Waals surface area contributed by atoms with E-state index in [0.717, 1.165) is 25.0 Å². The van der Waals surface area contributed by atoms with E-state index < -0.39 is 0 Å². The third-order valence-electron chi connectivity index (χ3n) is 4.71. The van der Waals surface area contributed by atoms with Gasteiger partial charge in [-0.1, -0.05) is 26.2 Å². The van der Waals surface area contributed by atoms with Crippen LogP contribution in [0.3, 0.4) is 0 Å². The molecule has 4 N–H and O–H groups in total. The van der Waals surface area contributed by atoms with Crippen LogP contribution < -0.4 is 11.1 Å². The molecule has 0 bridgehead atoms. The van der Waals surface area contributed by atoms with E-state index in [-0.39, 0.29) is 11.9 Å². The van der Waals surface area contributed by atoms with Gasteiger partial charge in [0.05, 0.1) is 11.4 Å². The number of aromatic nitrogens is 2. The highest BCUT2D eigenvalue weighted by molar-refractivity contribution is 5.97. The number of anilines is 1. The molecule has 0 aromatic carbocycles. The molecule has 1 amide bonds. The van der Waals surface area contributed by atoms with Crippen molar-refractivity contribution in [1.29, 1.82) is 0 Å². The van der Waals surface area contributed by atoms with Crippen molar-refractivity contribution in [3.05, 3.63) is 11.4 Å². The van der Waals surface area contributed by atoms with E-state index in [1.165, 1.54) is 25.7 Å². The lowest BCUT2D eigenvalue weighted by molar-refractivity contribution is 0.0917. The lowest BCUT2D eigenvalue weighted by Crippen LogP contribution is -2.39. The summed E-state index contributed by atoms with van der Waals surface area (Å²) in [6.45, 7) is 2.22. The first-order chi connectivity index (χ1) is 9.66. The molecular weight excluding hydrogens is 252 g/mol. The highest BCUT2D eigenvalue weighted by Crippen LogP contribution is 2.42. The molecule has 2 fully saturated rings. The maximum Gasteiger partial charge on any atom is 0.274 e. The number of hydrogen-bond acceptors (Lipinski definition) is 3. The van der Waals surface area contributed by atoms with Crippen molar-refractivity contribution in [2.75, 3.05) is 5.73 Å². The molecule has 3 rings (SSSR count). The van der Waals surface area contributed by atoms with Crippen molar-refractivity contribution >= 4 is 11.6 Å². The van der Waals surface area contributed by atoms with E-state index in [1.54, 1.807) is 0 Å². The number of rotatable bonds is 3. The zero-order valence-corrected chi connectivity index (χ0v) is 12.1. The summed E-state index contributed by atoms with van der Waals surface area (Å²) in [5.41, 5.74) is 7.94. The maximum absolute atomic E-state index is 12.4. The first-order valence-electron chi connectivity index (χ1n) is 7.81. The monoisotopic (exact) mass is 276 g/mol. The normalized spacial score (nSPS) is 27.1. The molecular formula is C15H24N4O. The number of nitrogens with two attached hydrogens (primary N) is 1. The second kappa shape index (κ2) is 5.46. The Morgan fingerprint density at radius 1 is 1.25 bits per heavy atom. The Balaban J connectivity index is 1.69. The van der Waals surface area contributed by atoms with E-state index >= 15 is 0 Å². The fraction of sp³-hybridized carbons (Fsp3) is 0.733. The van der Waals surface area contributed by atoms with E-state index in [9.17, 15) is 4.79 Å². The zero-order valence-electron chi connectivity index (χ0n) is 12.1. The Morgan fingerprint density at radius 3 is 2.75 bits per heavy atom. The number of carbonyl (C=O) groups is 1. The molecule has 5 nitrogen and oxygen atoms in total. The third kappa shape index (κ3) is 2.67. The minimum Gasteiger partial charge on any atom is -0.395 e. The van der Waals surface area contributed by atoms with Crippen LogP contribution >= 0.6 is 0 Å². The summed E-state index contributed by atoms with van der Waals surface area (Å²) in [5.74, 6) is 0.898. The number of nitrogens with one attached hydrogen (secondary N) is 2. The quantitative estimate of drug-likeness (QED) is 0.742. The van der Waals surface area contributed by atoms with Crippen LogP contribution in [-0.4, -0.2) is 22.1 Å². The number of carbonyl (C=O) groups excluding carboxylic acids is 1. The second-order valence-electron chi connectivity index (χ2n) is 6.37. The lowest BCUT2D eigenvalue weighted by Gasteiger charge is -2.22. The number of H-pyrrole nitrogens is 1. The fourth-order valence-electron chi connectivity index (χ4n) is 3.16. The van der Waals surface area contributed by atoms with Crippen molar-refractivity contribution < 1.29 is 4.79 Å². The van der Waals surface area contributed by atoms with Crippen LogP contribution in [0.2, 0.25) is 0 Å². The Kier molecular flexibility index (Phi) is 3.68. The molecule has 20 heavy (non-hydrogen) atoms. The van der Waals surface area contributed by atoms with Gasteiger partial charge in [-0.15, -0.1) is 0 Å². The maximum atomic E-state index is 12.4. The first-order valence-corrected chi connectivity index (χ1v) is 7.81. The molecule has 2 aliphatic rings. The van der Waals surface area contributed by atoms with Crippen molar-refractivity contribution in [3.63, 3.8) is 0 Å². The predicted octanol–water partition coefficient (Wildman–Crippen LogP) is 2.57. The molecule has 2 unspecified atom stereocenters. The van der Waals surface area contributed by atoms with Gasteiger partial charge in [0.15, 0.2) is 5.69 Å². The highest BCUT2D eigenvalue weighted by atomic mass is 16.2. The summed E-state index contributed by atoms with van der Waals surface area (Å²) in [7, 11) is 0. The summed E-state index contributed by atoms with van der Waals surface area (Å²) in [6.07, 6.45) is 8.27. The Hall–Kier alpha value is -1.52. The number of hydrogen-bond donors (Lipinski definition) is 3. The summed E-state index contributed by atoms with van der Waals surface area (Å²) in [5, 5.41) is 10.2. The van der Waals surface area contributed by atoms with E-state index in [0.29, 0.717) is 23.2 Å². The Morgan fingerprint density at radius 2 is 2.00 bits per heavy atom. The molecule has 0 spiro atoms. The number of amides is 1. The van der Waals surface area contributed by atoms with Crippen LogP contribution in [-0.2, 0) is 0 Å². The van der Waals surface area contributed by atoms with Gasteiger partial charge in [0.1, 0.15) is 0 Å². The first kappa shape index (κ1) is 13.5. The molecule has 1 aromatic heterocycles. The average molecular weight is 276 g/mol.